The van der Waals surface area contributed by atoms with Gasteiger partial charge in [0, 0.05) is 56.1 Å². The lowest BCUT2D eigenvalue weighted by Crippen LogP contribution is -2.47. The highest BCUT2D eigenvalue weighted by Crippen LogP contribution is 2.35. The van der Waals surface area contributed by atoms with E-state index in [1.807, 2.05) is 0 Å². The summed E-state index contributed by atoms with van der Waals surface area (Å²) in [5.41, 5.74) is 12.9. The first-order chi connectivity index (χ1) is 12.6. The van der Waals surface area contributed by atoms with E-state index in [0.717, 1.165) is 50.5 Å². The number of rotatable bonds is 4. The maximum Gasteiger partial charge on any atom is 0.252 e. The number of carbonyl (C=O) groups is 1. The number of aromatic nitrogens is 3. The fourth-order valence-corrected chi connectivity index (χ4v) is 3.65. The van der Waals surface area contributed by atoms with E-state index in [9.17, 15) is 4.79 Å². The molecule has 2 aromatic heterocycles. The summed E-state index contributed by atoms with van der Waals surface area (Å²) in [5.74, 6) is 1.62. The molecule has 0 spiro atoms. The lowest BCUT2D eigenvalue weighted by Gasteiger charge is -2.37. The monoisotopic (exact) mass is 425 g/mol. The van der Waals surface area contributed by atoms with Crippen molar-refractivity contribution in [3.8, 4) is 0 Å². The Balaban J connectivity index is 0.00000140. The van der Waals surface area contributed by atoms with Crippen LogP contribution in [0, 0.1) is 0 Å². The molecule has 1 amide bonds. The van der Waals surface area contributed by atoms with Crippen molar-refractivity contribution in [3.63, 3.8) is 0 Å². The molecule has 10 heteroatoms. The number of nitrogens with zero attached hydrogens (tertiary/aromatic N) is 5. The standard InChI is InChI=1S/C18H23N7O.2ClH/c19-13-8-12(9-13)15-10-16(23-11-22-15)24-4-6-25(7-5-24)18-14(17(20)26)2-1-3-21-18;;/h1-3,10-13H,4-9,19H2,(H2,20,26);2*1H. The van der Waals surface area contributed by atoms with Crippen LogP contribution in [0.4, 0.5) is 11.6 Å². The topological polar surface area (TPSA) is 114 Å². The van der Waals surface area contributed by atoms with Crippen LogP contribution < -0.4 is 21.3 Å². The predicted octanol–water partition coefficient (Wildman–Crippen LogP) is 1.35. The third kappa shape index (κ3) is 4.45. The largest absolute Gasteiger partial charge is 0.365 e. The summed E-state index contributed by atoms with van der Waals surface area (Å²) in [7, 11) is 0. The Labute approximate surface area is 176 Å². The predicted molar refractivity (Wildman–Crippen MR) is 114 cm³/mol. The lowest BCUT2D eigenvalue weighted by molar-refractivity contribution is 0.100. The average molecular weight is 426 g/mol. The van der Waals surface area contributed by atoms with Gasteiger partial charge in [-0.3, -0.25) is 4.79 Å². The van der Waals surface area contributed by atoms with E-state index in [2.05, 4.69) is 30.8 Å². The Morgan fingerprint density at radius 3 is 2.36 bits per heavy atom. The number of amides is 1. The zero-order chi connectivity index (χ0) is 18.1. The molecule has 0 aromatic carbocycles. The number of primary amides is 1. The third-order valence-electron chi connectivity index (χ3n) is 5.22. The number of hydrogen-bond acceptors (Lipinski definition) is 7. The molecule has 1 aliphatic heterocycles. The van der Waals surface area contributed by atoms with Crippen LogP contribution in [-0.2, 0) is 0 Å². The van der Waals surface area contributed by atoms with Gasteiger partial charge in [0.1, 0.15) is 18.0 Å². The highest BCUT2D eigenvalue weighted by Gasteiger charge is 2.29. The molecule has 1 aliphatic carbocycles. The molecule has 2 fully saturated rings. The van der Waals surface area contributed by atoms with Gasteiger partial charge in [0.15, 0.2) is 0 Å². The van der Waals surface area contributed by atoms with Gasteiger partial charge in [-0.15, -0.1) is 24.8 Å². The molecule has 0 unspecified atom stereocenters. The van der Waals surface area contributed by atoms with Crippen molar-refractivity contribution in [2.45, 2.75) is 24.8 Å². The summed E-state index contributed by atoms with van der Waals surface area (Å²) < 4.78 is 0. The van der Waals surface area contributed by atoms with Gasteiger partial charge in [-0.1, -0.05) is 0 Å². The molecule has 8 nitrogen and oxygen atoms in total. The normalized spacial score (nSPS) is 21.2. The Bertz CT molecular complexity index is 808. The molecule has 1 saturated heterocycles. The van der Waals surface area contributed by atoms with Gasteiger partial charge in [0.2, 0.25) is 0 Å². The van der Waals surface area contributed by atoms with Crippen LogP contribution in [0.3, 0.4) is 0 Å². The Hall–Kier alpha value is -2.16. The maximum atomic E-state index is 11.6. The molecule has 0 atom stereocenters. The Morgan fingerprint density at radius 2 is 1.71 bits per heavy atom. The number of pyridine rings is 1. The maximum absolute atomic E-state index is 11.6. The highest BCUT2D eigenvalue weighted by atomic mass is 35.5. The highest BCUT2D eigenvalue weighted by molar-refractivity contribution is 5.97. The first kappa shape index (κ1) is 22.1. The van der Waals surface area contributed by atoms with Crippen molar-refractivity contribution >= 4 is 42.4 Å². The number of anilines is 2. The van der Waals surface area contributed by atoms with Crippen molar-refractivity contribution in [3.05, 3.63) is 42.0 Å². The van der Waals surface area contributed by atoms with Crippen molar-refractivity contribution in [1.29, 1.82) is 0 Å². The molecular formula is C18H25Cl2N7O. The number of nitrogens with two attached hydrogens (primary N) is 2. The van der Waals surface area contributed by atoms with Gasteiger partial charge in [-0.2, -0.15) is 0 Å². The summed E-state index contributed by atoms with van der Waals surface area (Å²) >= 11 is 0. The first-order valence-electron chi connectivity index (χ1n) is 8.94. The van der Waals surface area contributed by atoms with E-state index in [-0.39, 0.29) is 24.8 Å². The van der Waals surface area contributed by atoms with E-state index in [1.165, 1.54) is 0 Å². The summed E-state index contributed by atoms with van der Waals surface area (Å²) in [6, 6.07) is 5.84. The second kappa shape index (κ2) is 9.36. The van der Waals surface area contributed by atoms with Gasteiger partial charge >= 0.3 is 0 Å². The van der Waals surface area contributed by atoms with E-state index in [1.54, 1.807) is 24.7 Å². The zero-order valence-corrected chi connectivity index (χ0v) is 17.0. The number of halogens is 2. The summed E-state index contributed by atoms with van der Waals surface area (Å²) in [5, 5.41) is 0. The third-order valence-corrected chi connectivity index (χ3v) is 5.22. The minimum Gasteiger partial charge on any atom is -0.365 e. The Morgan fingerprint density at radius 1 is 1.04 bits per heavy atom. The summed E-state index contributed by atoms with van der Waals surface area (Å²) in [4.78, 5) is 29.2. The molecule has 4 rings (SSSR count). The van der Waals surface area contributed by atoms with E-state index < -0.39 is 5.91 Å². The van der Waals surface area contributed by atoms with Crippen molar-refractivity contribution in [2.75, 3.05) is 36.0 Å². The quantitative estimate of drug-likeness (QED) is 0.759. The molecule has 28 heavy (non-hydrogen) atoms. The van der Waals surface area contributed by atoms with E-state index in [0.29, 0.717) is 23.3 Å². The molecule has 3 heterocycles. The fraction of sp³-hybridized carbons (Fsp3) is 0.444. The van der Waals surface area contributed by atoms with Crippen LogP contribution in [0.15, 0.2) is 30.7 Å². The Kier molecular flexibility index (Phi) is 7.40. The van der Waals surface area contributed by atoms with Crippen LogP contribution in [0.5, 0.6) is 0 Å². The van der Waals surface area contributed by atoms with Crippen LogP contribution in [0.1, 0.15) is 34.8 Å². The second-order valence-electron chi connectivity index (χ2n) is 6.94. The van der Waals surface area contributed by atoms with Crippen molar-refractivity contribution in [1.82, 2.24) is 15.0 Å². The summed E-state index contributed by atoms with van der Waals surface area (Å²) in [6.07, 6.45) is 5.33. The first-order valence-corrected chi connectivity index (χ1v) is 8.94. The van der Waals surface area contributed by atoms with Crippen LogP contribution in [-0.4, -0.2) is 53.1 Å². The smallest absolute Gasteiger partial charge is 0.252 e. The summed E-state index contributed by atoms with van der Waals surface area (Å²) in [6.45, 7) is 3.11. The number of piperazine rings is 1. The second-order valence-corrected chi connectivity index (χ2v) is 6.94. The zero-order valence-electron chi connectivity index (χ0n) is 15.4. The van der Waals surface area contributed by atoms with Gasteiger partial charge < -0.3 is 21.3 Å². The molecule has 0 radical (unpaired) electrons. The number of hydrogen-bond donors (Lipinski definition) is 2. The fourth-order valence-electron chi connectivity index (χ4n) is 3.65. The lowest BCUT2D eigenvalue weighted by atomic mass is 9.78. The van der Waals surface area contributed by atoms with Crippen LogP contribution in [0.25, 0.3) is 0 Å². The van der Waals surface area contributed by atoms with Gasteiger partial charge in [-0.05, 0) is 25.0 Å². The van der Waals surface area contributed by atoms with Crippen molar-refractivity contribution in [2.24, 2.45) is 11.5 Å². The number of carbonyl (C=O) groups excluding carboxylic acids is 1. The average Bonchev–Trinajstić information content (AvgIpc) is 2.66. The van der Waals surface area contributed by atoms with Gasteiger partial charge in [-0.25, -0.2) is 15.0 Å². The molecule has 1 saturated carbocycles. The van der Waals surface area contributed by atoms with Crippen LogP contribution in [0.2, 0.25) is 0 Å². The minimum absolute atomic E-state index is 0. The molecular weight excluding hydrogens is 401 g/mol. The van der Waals surface area contributed by atoms with Crippen LogP contribution >= 0.6 is 24.8 Å². The van der Waals surface area contributed by atoms with Crippen molar-refractivity contribution < 1.29 is 4.79 Å². The molecule has 152 valence electrons. The molecule has 2 aromatic rings. The SMILES string of the molecule is Cl.Cl.NC(=O)c1cccnc1N1CCN(c2cc(C3CC(N)C3)ncn2)CC1. The molecule has 4 N–H and O–H groups in total. The van der Waals surface area contributed by atoms with E-state index >= 15 is 0 Å². The molecule has 2 aliphatic rings. The van der Waals surface area contributed by atoms with Gasteiger partial charge in [0.25, 0.3) is 5.91 Å². The van der Waals surface area contributed by atoms with Gasteiger partial charge in [0.05, 0.1) is 5.56 Å². The minimum atomic E-state index is -0.449. The van der Waals surface area contributed by atoms with E-state index in [4.69, 9.17) is 11.5 Å². The molecule has 0 bridgehead atoms.